The van der Waals surface area contributed by atoms with Gasteiger partial charge < -0.3 is 11.5 Å². The summed E-state index contributed by atoms with van der Waals surface area (Å²) >= 11 is 0. The van der Waals surface area contributed by atoms with E-state index in [0.29, 0.717) is 12.0 Å². The smallest absolute Gasteiger partial charge is 1.00 e. The van der Waals surface area contributed by atoms with E-state index in [1.54, 1.807) is 12.1 Å². The molecule has 0 saturated heterocycles. The Morgan fingerprint density at radius 2 is 1.87 bits per heavy atom. The molecule has 7 heteroatoms. The van der Waals surface area contributed by atoms with E-state index >= 15 is 0 Å². The van der Waals surface area contributed by atoms with Crippen LogP contribution in [-0.2, 0) is 14.8 Å². The van der Waals surface area contributed by atoms with Crippen LogP contribution < -0.4 is 40.0 Å². The van der Waals surface area contributed by atoms with Crippen LogP contribution in [0.15, 0.2) is 29.2 Å². The number of carbonyl (C=O) groups excluding carboxylic acids is 1. The minimum Gasteiger partial charge on any atom is -1.00 e. The Labute approximate surface area is 112 Å². The molecule has 0 unspecified atom stereocenters. The SMILES string of the molecule is NS(=O)(=O)c1ccc(NCC=O)cc1.[H-].[Na+]. The fraction of sp³-hybridized carbons (Fsp3) is 0.125. The van der Waals surface area contributed by atoms with Gasteiger partial charge in [0.1, 0.15) is 6.29 Å². The number of aldehydes is 1. The topological polar surface area (TPSA) is 89.3 Å². The van der Waals surface area contributed by atoms with Crippen molar-refractivity contribution < 1.29 is 44.2 Å². The van der Waals surface area contributed by atoms with Gasteiger partial charge in [0.15, 0.2) is 0 Å². The fourth-order valence-corrected chi connectivity index (χ4v) is 1.44. The zero-order valence-electron chi connectivity index (χ0n) is 9.30. The number of carbonyl (C=O) groups is 1. The van der Waals surface area contributed by atoms with Crippen LogP contribution in [-0.4, -0.2) is 21.2 Å². The van der Waals surface area contributed by atoms with Crippen molar-refractivity contribution in [2.24, 2.45) is 5.14 Å². The van der Waals surface area contributed by atoms with Crippen molar-refractivity contribution in [3.63, 3.8) is 0 Å². The summed E-state index contributed by atoms with van der Waals surface area (Å²) < 4.78 is 21.7. The van der Waals surface area contributed by atoms with Crippen LogP contribution in [0.4, 0.5) is 5.69 Å². The second-order valence-corrected chi connectivity index (χ2v) is 4.18. The predicted octanol–water partition coefficient (Wildman–Crippen LogP) is -2.94. The second kappa shape index (κ2) is 6.24. The van der Waals surface area contributed by atoms with Gasteiger partial charge in [-0.3, -0.25) is 0 Å². The summed E-state index contributed by atoms with van der Waals surface area (Å²) in [4.78, 5) is 10.1. The number of sulfonamides is 1. The van der Waals surface area contributed by atoms with E-state index in [1.807, 2.05) is 0 Å². The number of rotatable bonds is 4. The number of hydrogen-bond acceptors (Lipinski definition) is 4. The number of benzene rings is 1. The molecular formula is C8H11N2NaO3S. The van der Waals surface area contributed by atoms with Gasteiger partial charge in [0, 0.05) is 5.69 Å². The van der Waals surface area contributed by atoms with Gasteiger partial charge in [-0.2, -0.15) is 0 Å². The van der Waals surface area contributed by atoms with Crippen molar-refractivity contribution in [3.05, 3.63) is 24.3 Å². The molecule has 0 saturated carbocycles. The van der Waals surface area contributed by atoms with E-state index in [2.05, 4.69) is 5.32 Å². The number of nitrogens with two attached hydrogens (primary N) is 1. The molecule has 5 nitrogen and oxygen atoms in total. The van der Waals surface area contributed by atoms with Gasteiger partial charge >= 0.3 is 29.6 Å². The zero-order valence-corrected chi connectivity index (χ0v) is 11.1. The maximum atomic E-state index is 10.9. The van der Waals surface area contributed by atoms with Gasteiger partial charge in [-0.15, -0.1) is 0 Å². The van der Waals surface area contributed by atoms with Crippen molar-refractivity contribution in [2.75, 3.05) is 11.9 Å². The third-order valence-electron chi connectivity index (χ3n) is 1.57. The molecule has 0 heterocycles. The minimum absolute atomic E-state index is 0. The van der Waals surface area contributed by atoms with E-state index in [9.17, 15) is 13.2 Å². The number of nitrogens with one attached hydrogen (secondary N) is 1. The third kappa shape index (κ3) is 4.76. The van der Waals surface area contributed by atoms with Gasteiger partial charge in [0.05, 0.1) is 11.4 Å². The molecule has 0 aliphatic carbocycles. The number of primary sulfonamides is 1. The molecule has 0 fully saturated rings. The van der Waals surface area contributed by atoms with E-state index in [1.165, 1.54) is 12.1 Å². The first-order valence-corrected chi connectivity index (χ1v) is 5.39. The molecule has 1 aromatic carbocycles. The summed E-state index contributed by atoms with van der Waals surface area (Å²) in [6.45, 7) is 0.189. The van der Waals surface area contributed by atoms with Crippen molar-refractivity contribution in [2.45, 2.75) is 4.90 Å². The summed E-state index contributed by atoms with van der Waals surface area (Å²) in [5.74, 6) is 0. The van der Waals surface area contributed by atoms with Crippen LogP contribution in [0, 0.1) is 0 Å². The molecule has 0 bridgehead atoms. The molecule has 3 N–H and O–H groups in total. The number of hydrogen-bond donors (Lipinski definition) is 2. The third-order valence-corrected chi connectivity index (χ3v) is 2.50. The van der Waals surface area contributed by atoms with Gasteiger partial charge in [0.25, 0.3) is 0 Å². The first-order chi connectivity index (χ1) is 6.54. The molecule has 1 rings (SSSR count). The Morgan fingerprint density at radius 1 is 1.33 bits per heavy atom. The van der Waals surface area contributed by atoms with Crippen LogP contribution in [0.1, 0.15) is 1.43 Å². The van der Waals surface area contributed by atoms with Crippen LogP contribution in [0.3, 0.4) is 0 Å². The van der Waals surface area contributed by atoms with Crippen LogP contribution >= 0.6 is 0 Å². The molecule has 0 aliphatic heterocycles. The van der Waals surface area contributed by atoms with Gasteiger partial charge in [-0.1, -0.05) is 0 Å². The maximum Gasteiger partial charge on any atom is 1.00 e. The normalized spacial score (nSPS) is 10.2. The molecule has 15 heavy (non-hydrogen) atoms. The van der Waals surface area contributed by atoms with Crippen molar-refractivity contribution >= 4 is 22.0 Å². The van der Waals surface area contributed by atoms with Crippen LogP contribution in [0.25, 0.3) is 0 Å². The average Bonchev–Trinajstić information content (AvgIpc) is 2.14. The van der Waals surface area contributed by atoms with E-state index in [4.69, 9.17) is 5.14 Å². The Hall–Kier alpha value is -0.400. The monoisotopic (exact) mass is 238 g/mol. The predicted molar refractivity (Wildman–Crippen MR) is 53.5 cm³/mol. The van der Waals surface area contributed by atoms with Gasteiger partial charge in [-0.25, -0.2) is 13.6 Å². The summed E-state index contributed by atoms with van der Waals surface area (Å²) in [6.07, 6.45) is 0.716. The van der Waals surface area contributed by atoms with Crippen LogP contribution in [0.5, 0.6) is 0 Å². The Balaban J connectivity index is 0. The van der Waals surface area contributed by atoms with Gasteiger partial charge in [-0.05, 0) is 24.3 Å². The van der Waals surface area contributed by atoms with Crippen molar-refractivity contribution in [1.29, 1.82) is 0 Å². The molecular weight excluding hydrogens is 227 g/mol. The fourth-order valence-electron chi connectivity index (χ4n) is 0.922. The average molecular weight is 238 g/mol. The zero-order chi connectivity index (χ0) is 10.6. The minimum atomic E-state index is -3.64. The summed E-state index contributed by atoms with van der Waals surface area (Å²) in [5.41, 5.74) is 0.671. The molecule has 78 valence electrons. The Bertz CT molecular complexity index is 421. The molecule has 0 amide bonds. The second-order valence-electron chi connectivity index (χ2n) is 2.62. The summed E-state index contributed by atoms with van der Waals surface area (Å²) in [7, 11) is -3.64. The van der Waals surface area contributed by atoms with Crippen molar-refractivity contribution in [1.82, 2.24) is 0 Å². The quantitative estimate of drug-likeness (QED) is 0.434. The maximum absolute atomic E-state index is 10.9. The molecule has 0 aromatic heterocycles. The molecule has 0 radical (unpaired) electrons. The standard InChI is InChI=1S/C8H10N2O3S.Na.H/c9-14(12,13)8-3-1-7(2-4-8)10-5-6-11;;/h1-4,6,10H,5H2,(H2,9,12,13);;/q;+1;-1. The molecule has 1 aromatic rings. The molecule has 0 spiro atoms. The Kier molecular flexibility index (Phi) is 6.07. The summed E-state index contributed by atoms with van der Waals surface area (Å²) in [5, 5.41) is 7.67. The summed E-state index contributed by atoms with van der Waals surface area (Å²) in [6, 6.07) is 5.84. The van der Waals surface area contributed by atoms with Crippen molar-refractivity contribution in [3.8, 4) is 0 Å². The molecule has 0 aliphatic rings. The van der Waals surface area contributed by atoms with E-state index < -0.39 is 10.0 Å². The number of anilines is 1. The van der Waals surface area contributed by atoms with E-state index in [-0.39, 0.29) is 42.4 Å². The van der Waals surface area contributed by atoms with Gasteiger partial charge in [0.2, 0.25) is 10.0 Å². The molecule has 0 atom stereocenters. The largest absolute Gasteiger partial charge is 1.00 e. The Morgan fingerprint density at radius 3 is 2.27 bits per heavy atom. The first-order valence-electron chi connectivity index (χ1n) is 3.84. The van der Waals surface area contributed by atoms with E-state index in [0.717, 1.165) is 0 Å². The first kappa shape index (κ1) is 14.6. The van der Waals surface area contributed by atoms with Crippen LogP contribution in [0.2, 0.25) is 0 Å².